The van der Waals surface area contributed by atoms with Gasteiger partial charge in [0.2, 0.25) is 5.91 Å². The Balaban J connectivity index is 1.60. The van der Waals surface area contributed by atoms with Crippen LogP contribution in [0.3, 0.4) is 0 Å². The van der Waals surface area contributed by atoms with E-state index in [1.807, 2.05) is 61.5 Å². The van der Waals surface area contributed by atoms with E-state index in [0.29, 0.717) is 26.1 Å². The van der Waals surface area contributed by atoms with Crippen LogP contribution in [-0.4, -0.2) is 43.1 Å². The maximum atomic E-state index is 12.6. The van der Waals surface area contributed by atoms with Gasteiger partial charge in [0.1, 0.15) is 5.75 Å². The number of anilines is 1. The minimum Gasteiger partial charge on any atom is -0.497 e. The Labute approximate surface area is 159 Å². The average Bonchev–Trinajstić information content (AvgIpc) is 3.06. The number of carbonyl (C=O) groups is 2. The molecule has 1 N–H and O–H groups in total. The third-order valence-corrected chi connectivity index (χ3v) is 4.72. The average molecular weight is 367 g/mol. The van der Waals surface area contributed by atoms with Crippen molar-refractivity contribution in [3.63, 3.8) is 0 Å². The Bertz CT molecular complexity index is 777. The van der Waals surface area contributed by atoms with Crippen LogP contribution in [0, 0.1) is 0 Å². The van der Waals surface area contributed by atoms with E-state index in [2.05, 4.69) is 5.32 Å². The van der Waals surface area contributed by atoms with Crippen molar-refractivity contribution in [1.82, 2.24) is 10.2 Å². The number of benzene rings is 2. The summed E-state index contributed by atoms with van der Waals surface area (Å²) in [6.45, 7) is 3.57. The zero-order chi connectivity index (χ0) is 19.2. The van der Waals surface area contributed by atoms with Crippen molar-refractivity contribution in [3.8, 4) is 5.75 Å². The van der Waals surface area contributed by atoms with E-state index in [-0.39, 0.29) is 18.0 Å². The highest BCUT2D eigenvalue weighted by molar-refractivity contribution is 5.96. The molecular formula is C21H25N3O3. The molecule has 0 spiro atoms. The van der Waals surface area contributed by atoms with Gasteiger partial charge in [0.25, 0.3) is 0 Å². The van der Waals surface area contributed by atoms with E-state index in [9.17, 15) is 9.59 Å². The second kappa shape index (κ2) is 8.58. The number of hydrogen-bond donors (Lipinski definition) is 1. The lowest BCUT2D eigenvalue weighted by atomic mass is 10.2. The molecule has 1 aliphatic heterocycles. The third kappa shape index (κ3) is 4.58. The van der Waals surface area contributed by atoms with Gasteiger partial charge in [0, 0.05) is 31.7 Å². The zero-order valence-corrected chi connectivity index (χ0v) is 15.7. The van der Waals surface area contributed by atoms with Gasteiger partial charge in [-0.2, -0.15) is 0 Å². The molecule has 0 saturated carbocycles. The first kappa shape index (κ1) is 18.8. The van der Waals surface area contributed by atoms with E-state index >= 15 is 0 Å². The first-order valence-corrected chi connectivity index (χ1v) is 9.14. The number of rotatable bonds is 6. The van der Waals surface area contributed by atoms with E-state index in [4.69, 9.17) is 4.74 Å². The molecule has 6 nitrogen and oxygen atoms in total. The summed E-state index contributed by atoms with van der Waals surface area (Å²) in [5.74, 6) is 0.756. The molecule has 142 valence electrons. The summed E-state index contributed by atoms with van der Waals surface area (Å²) in [6, 6.07) is 16.9. The summed E-state index contributed by atoms with van der Waals surface area (Å²) in [4.78, 5) is 28.5. The lowest BCUT2D eigenvalue weighted by molar-refractivity contribution is -0.117. The van der Waals surface area contributed by atoms with Crippen LogP contribution in [0.15, 0.2) is 54.6 Å². The molecule has 3 rings (SSSR count). The number of amides is 3. The fourth-order valence-corrected chi connectivity index (χ4v) is 3.21. The Kier molecular flexibility index (Phi) is 5.96. The molecule has 1 aliphatic rings. The Hall–Kier alpha value is -3.02. The van der Waals surface area contributed by atoms with Gasteiger partial charge in [-0.25, -0.2) is 4.79 Å². The standard InChI is InChI=1S/C21H25N3O3/c1-3-23(14-16-7-5-4-6-8-16)21(26)22-17-13-20(25)24(15-17)18-9-11-19(27-2)12-10-18/h4-12,17H,3,13-15H2,1-2H3,(H,22,26). The summed E-state index contributed by atoms with van der Waals surface area (Å²) in [5.41, 5.74) is 1.89. The predicted molar refractivity (Wildman–Crippen MR) is 105 cm³/mol. The van der Waals surface area contributed by atoms with Crippen LogP contribution in [0.25, 0.3) is 0 Å². The number of carbonyl (C=O) groups excluding carboxylic acids is 2. The van der Waals surface area contributed by atoms with Crippen molar-refractivity contribution in [3.05, 3.63) is 60.2 Å². The topological polar surface area (TPSA) is 61.9 Å². The van der Waals surface area contributed by atoms with Crippen molar-refractivity contribution in [2.75, 3.05) is 25.1 Å². The summed E-state index contributed by atoms with van der Waals surface area (Å²) >= 11 is 0. The Morgan fingerprint density at radius 3 is 2.52 bits per heavy atom. The van der Waals surface area contributed by atoms with E-state index in [1.54, 1.807) is 16.9 Å². The summed E-state index contributed by atoms with van der Waals surface area (Å²) in [7, 11) is 1.61. The summed E-state index contributed by atoms with van der Waals surface area (Å²) < 4.78 is 5.15. The van der Waals surface area contributed by atoms with Crippen LogP contribution in [0.1, 0.15) is 18.9 Å². The highest BCUT2D eigenvalue weighted by atomic mass is 16.5. The molecule has 1 saturated heterocycles. The van der Waals surface area contributed by atoms with Gasteiger partial charge in [-0.15, -0.1) is 0 Å². The van der Waals surface area contributed by atoms with Crippen molar-refractivity contribution in [1.29, 1.82) is 0 Å². The second-order valence-corrected chi connectivity index (χ2v) is 6.55. The molecule has 0 aliphatic carbocycles. The number of methoxy groups -OCH3 is 1. The number of hydrogen-bond acceptors (Lipinski definition) is 3. The third-order valence-electron chi connectivity index (χ3n) is 4.72. The smallest absolute Gasteiger partial charge is 0.317 e. The molecule has 27 heavy (non-hydrogen) atoms. The van der Waals surface area contributed by atoms with E-state index in [1.165, 1.54) is 0 Å². The van der Waals surface area contributed by atoms with Crippen LogP contribution in [0.2, 0.25) is 0 Å². The molecule has 2 aromatic carbocycles. The lowest BCUT2D eigenvalue weighted by Gasteiger charge is -2.24. The first-order valence-electron chi connectivity index (χ1n) is 9.14. The fourth-order valence-electron chi connectivity index (χ4n) is 3.21. The highest BCUT2D eigenvalue weighted by Gasteiger charge is 2.32. The number of urea groups is 1. The molecule has 0 bridgehead atoms. The van der Waals surface area contributed by atoms with Gasteiger partial charge < -0.3 is 19.9 Å². The second-order valence-electron chi connectivity index (χ2n) is 6.55. The van der Waals surface area contributed by atoms with Crippen molar-refractivity contribution in [2.24, 2.45) is 0 Å². The summed E-state index contributed by atoms with van der Waals surface area (Å²) in [5, 5.41) is 3.00. The van der Waals surface area contributed by atoms with Crippen LogP contribution in [0.5, 0.6) is 5.75 Å². The molecule has 1 heterocycles. The number of ether oxygens (including phenoxy) is 1. The van der Waals surface area contributed by atoms with Crippen LogP contribution in [0.4, 0.5) is 10.5 Å². The molecule has 0 aromatic heterocycles. The van der Waals surface area contributed by atoms with Gasteiger partial charge in [-0.1, -0.05) is 30.3 Å². The molecule has 0 radical (unpaired) electrons. The SMILES string of the molecule is CCN(Cc1ccccc1)C(=O)NC1CC(=O)N(c2ccc(OC)cc2)C1. The van der Waals surface area contributed by atoms with E-state index < -0.39 is 0 Å². The largest absolute Gasteiger partial charge is 0.497 e. The number of nitrogens with one attached hydrogen (secondary N) is 1. The first-order chi connectivity index (χ1) is 13.1. The normalized spacial score (nSPS) is 16.3. The fraction of sp³-hybridized carbons (Fsp3) is 0.333. The van der Waals surface area contributed by atoms with Crippen molar-refractivity contribution < 1.29 is 14.3 Å². The maximum Gasteiger partial charge on any atom is 0.317 e. The molecular weight excluding hydrogens is 342 g/mol. The van der Waals surface area contributed by atoms with Crippen molar-refractivity contribution in [2.45, 2.75) is 25.9 Å². The van der Waals surface area contributed by atoms with Crippen LogP contribution >= 0.6 is 0 Å². The molecule has 1 fully saturated rings. The molecule has 6 heteroatoms. The minimum atomic E-state index is -0.197. The van der Waals surface area contributed by atoms with Gasteiger partial charge in [-0.05, 0) is 36.8 Å². The monoisotopic (exact) mass is 367 g/mol. The van der Waals surface area contributed by atoms with Crippen molar-refractivity contribution >= 4 is 17.6 Å². The van der Waals surface area contributed by atoms with E-state index in [0.717, 1.165) is 17.0 Å². The van der Waals surface area contributed by atoms with Gasteiger partial charge in [0.15, 0.2) is 0 Å². The number of nitrogens with zero attached hydrogens (tertiary/aromatic N) is 2. The molecule has 1 unspecified atom stereocenters. The maximum absolute atomic E-state index is 12.6. The summed E-state index contributed by atoms with van der Waals surface area (Å²) in [6.07, 6.45) is 0.306. The van der Waals surface area contributed by atoms with Gasteiger partial charge in [-0.3, -0.25) is 4.79 Å². The minimum absolute atomic E-state index is 0.0107. The molecule has 2 aromatic rings. The van der Waals surface area contributed by atoms with Crippen LogP contribution < -0.4 is 15.0 Å². The lowest BCUT2D eigenvalue weighted by Crippen LogP contribution is -2.45. The predicted octanol–water partition coefficient (Wildman–Crippen LogP) is 3.03. The van der Waals surface area contributed by atoms with Crippen LogP contribution in [-0.2, 0) is 11.3 Å². The van der Waals surface area contributed by atoms with Gasteiger partial charge >= 0.3 is 6.03 Å². The molecule has 3 amide bonds. The highest BCUT2D eigenvalue weighted by Crippen LogP contribution is 2.24. The Morgan fingerprint density at radius 2 is 1.89 bits per heavy atom. The Morgan fingerprint density at radius 1 is 1.19 bits per heavy atom. The zero-order valence-electron chi connectivity index (χ0n) is 15.7. The molecule has 1 atom stereocenters. The quantitative estimate of drug-likeness (QED) is 0.854. The van der Waals surface area contributed by atoms with Gasteiger partial charge in [0.05, 0.1) is 13.2 Å².